The zero-order valence-electron chi connectivity index (χ0n) is 52.1. The van der Waals surface area contributed by atoms with Gasteiger partial charge in [-0.25, -0.2) is 0 Å². The van der Waals surface area contributed by atoms with E-state index in [2.05, 4.69) is 118 Å². The van der Waals surface area contributed by atoms with Gasteiger partial charge in [-0.2, -0.15) is 0 Å². The van der Waals surface area contributed by atoms with E-state index < -0.39 is 6.10 Å². The minimum atomic E-state index is -0.783. The topological polar surface area (TPSA) is 78.9 Å². The Bertz CT molecular complexity index is 1540. The third kappa shape index (κ3) is 65.0. The Morgan fingerprint density at radius 2 is 0.494 bits per heavy atom. The van der Waals surface area contributed by atoms with Crippen LogP contribution in [0.25, 0.3) is 0 Å². The van der Waals surface area contributed by atoms with Gasteiger partial charge < -0.3 is 14.2 Å². The van der Waals surface area contributed by atoms with Crippen LogP contribution in [-0.2, 0) is 28.6 Å². The number of hydrogen-bond acceptors (Lipinski definition) is 6. The molecule has 6 nitrogen and oxygen atoms in total. The Morgan fingerprint density at radius 3 is 0.797 bits per heavy atom. The smallest absolute Gasteiger partial charge is 0.306 e. The predicted octanol–water partition coefficient (Wildman–Crippen LogP) is 23.2. The molecular weight excluding hydrogens is 973 g/mol. The molecule has 0 amide bonds. The Hall–Kier alpha value is -3.67. The van der Waals surface area contributed by atoms with Crippen LogP contribution in [0.15, 0.2) is 97.2 Å². The van der Waals surface area contributed by atoms with Crippen molar-refractivity contribution in [1.29, 1.82) is 0 Å². The fourth-order valence-corrected chi connectivity index (χ4v) is 9.54. The lowest BCUT2D eigenvalue weighted by Crippen LogP contribution is -2.30. The number of unbranched alkanes of at least 4 members (excludes halogenated alkanes) is 34. The Labute approximate surface area is 489 Å². The van der Waals surface area contributed by atoms with Crippen LogP contribution >= 0.6 is 0 Å². The Kier molecular flexibility index (Phi) is 63.7. The molecule has 0 aliphatic rings. The Morgan fingerprint density at radius 1 is 0.266 bits per heavy atom. The van der Waals surface area contributed by atoms with Gasteiger partial charge in [0.1, 0.15) is 13.2 Å². The summed E-state index contributed by atoms with van der Waals surface area (Å²) in [6, 6.07) is 0. The molecule has 0 aliphatic heterocycles. The summed E-state index contributed by atoms with van der Waals surface area (Å²) >= 11 is 0. The van der Waals surface area contributed by atoms with Crippen LogP contribution in [0.5, 0.6) is 0 Å². The number of esters is 3. The second-order valence-corrected chi connectivity index (χ2v) is 22.4. The molecule has 0 N–H and O–H groups in total. The van der Waals surface area contributed by atoms with E-state index in [1.54, 1.807) is 0 Å². The van der Waals surface area contributed by atoms with Crippen molar-refractivity contribution in [2.75, 3.05) is 13.2 Å². The van der Waals surface area contributed by atoms with Gasteiger partial charge in [0.15, 0.2) is 6.10 Å². The van der Waals surface area contributed by atoms with Crippen molar-refractivity contribution < 1.29 is 28.6 Å². The highest BCUT2D eigenvalue weighted by atomic mass is 16.6. The van der Waals surface area contributed by atoms with E-state index in [9.17, 15) is 14.4 Å². The van der Waals surface area contributed by atoms with Crippen molar-refractivity contribution in [1.82, 2.24) is 0 Å². The van der Waals surface area contributed by atoms with Crippen LogP contribution < -0.4 is 0 Å². The third-order valence-electron chi connectivity index (χ3n) is 14.6. The molecule has 1 unspecified atom stereocenters. The van der Waals surface area contributed by atoms with Crippen LogP contribution in [0.4, 0.5) is 0 Å². The number of rotatable bonds is 61. The van der Waals surface area contributed by atoms with Gasteiger partial charge in [0.25, 0.3) is 0 Å². The minimum Gasteiger partial charge on any atom is -0.462 e. The molecule has 1 atom stereocenters. The van der Waals surface area contributed by atoms with Crippen LogP contribution in [0.3, 0.4) is 0 Å². The van der Waals surface area contributed by atoms with E-state index in [0.717, 1.165) is 122 Å². The van der Waals surface area contributed by atoms with E-state index in [0.29, 0.717) is 19.3 Å². The van der Waals surface area contributed by atoms with Crippen LogP contribution in [0.1, 0.15) is 329 Å². The maximum Gasteiger partial charge on any atom is 0.306 e. The molecule has 79 heavy (non-hydrogen) atoms. The lowest BCUT2D eigenvalue weighted by atomic mass is 10.0. The Balaban J connectivity index is 4.18. The summed E-state index contributed by atoms with van der Waals surface area (Å²) in [7, 11) is 0. The number of ether oxygens (including phenoxy) is 3. The van der Waals surface area contributed by atoms with Crippen LogP contribution in [0.2, 0.25) is 0 Å². The third-order valence-corrected chi connectivity index (χ3v) is 14.6. The molecule has 0 bridgehead atoms. The zero-order valence-corrected chi connectivity index (χ0v) is 52.1. The molecule has 0 radical (unpaired) electrons. The van der Waals surface area contributed by atoms with Crippen LogP contribution in [-0.4, -0.2) is 37.2 Å². The largest absolute Gasteiger partial charge is 0.462 e. The fourth-order valence-electron chi connectivity index (χ4n) is 9.54. The fraction of sp³-hybridized carbons (Fsp3) is 0.740. The SMILES string of the molecule is CC/C=C\C/C=C\C/C=C\C/C=C\C/C=C\C/C=C\CCCCCCCCCCCCCCCCC(=O)OCC(COC(=O)CCCCCCCCCCCCCCC)OC(=O)CCCCCCC/C=C\C/C=C\CCCCC. The second kappa shape index (κ2) is 66.8. The normalized spacial score (nSPS) is 12.7. The van der Waals surface area contributed by atoms with Crippen molar-refractivity contribution in [2.24, 2.45) is 0 Å². The standard InChI is InChI=1S/C73H126O6/c1-4-7-10-13-16-19-22-25-27-28-29-30-31-32-33-34-35-36-37-38-39-40-41-42-43-44-46-48-51-54-57-60-63-66-72(75)78-69-70(68-77-71(74)65-62-59-56-53-50-47-24-21-18-15-12-9-6-3)79-73(76)67-64-61-58-55-52-49-45-26-23-20-17-14-11-8-5-2/h7,10,16-17,19-20,25-27,29-30,32-33,35-36,45,70H,4-6,8-9,11-15,18,21-24,28,31,34,37-44,46-69H2,1-3H3/b10-7-,19-16-,20-17-,27-25-,30-29-,33-32-,36-35-,45-26-. The lowest BCUT2D eigenvalue weighted by molar-refractivity contribution is -0.167. The summed E-state index contributed by atoms with van der Waals surface area (Å²) in [5, 5.41) is 0. The molecule has 0 rings (SSSR count). The van der Waals surface area contributed by atoms with E-state index in [-0.39, 0.29) is 31.1 Å². The van der Waals surface area contributed by atoms with Gasteiger partial charge in [-0.05, 0) is 103 Å². The summed E-state index contributed by atoms with van der Waals surface area (Å²) < 4.78 is 16.9. The first-order valence-electron chi connectivity index (χ1n) is 33.7. The van der Waals surface area contributed by atoms with Crippen molar-refractivity contribution in [3.8, 4) is 0 Å². The molecule has 0 saturated carbocycles. The molecule has 454 valence electrons. The maximum atomic E-state index is 12.9. The van der Waals surface area contributed by atoms with Crippen LogP contribution in [0, 0.1) is 0 Å². The maximum absolute atomic E-state index is 12.9. The summed E-state index contributed by atoms with van der Waals surface area (Å²) in [5.41, 5.74) is 0. The number of carbonyl (C=O) groups excluding carboxylic acids is 3. The molecule has 6 heteroatoms. The highest BCUT2D eigenvalue weighted by Gasteiger charge is 2.19. The van der Waals surface area contributed by atoms with E-state index >= 15 is 0 Å². The number of allylic oxidation sites excluding steroid dienone is 16. The molecule has 0 aromatic carbocycles. The summed E-state index contributed by atoms with van der Waals surface area (Å²) in [6.45, 7) is 6.52. The molecule has 0 aromatic rings. The van der Waals surface area contributed by atoms with E-state index in [1.807, 2.05) is 0 Å². The van der Waals surface area contributed by atoms with Crippen molar-refractivity contribution in [3.05, 3.63) is 97.2 Å². The van der Waals surface area contributed by atoms with Crippen molar-refractivity contribution in [3.63, 3.8) is 0 Å². The molecule has 0 fully saturated rings. The summed E-state index contributed by atoms with van der Waals surface area (Å²) in [5.74, 6) is -0.879. The first kappa shape index (κ1) is 75.3. The van der Waals surface area contributed by atoms with Gasteiger partial charge in [0, 0.05) is 19.3 Å². The average Bonchev–Trinajstić information content (AvgIpc) is 3.45. The van der Waals surface area contributed by atoms with E-state index in [1.165, 1.54) is 167 Å². The number of hydrogen-bond donors (Lipinski definition) is 0. The lowest BCUT2D eigenvalue weighted by Gasteiger charge is -2.18. The molecule has 0 aliphatic carbocycles. The van der Waals surface area contributed by atoms with E-state index in [4.69, 9.17) is 14.2 Å². The number of carbonyl (C=O) groups is 3. The molecule has 0 saturated heterocycles. The molecule has 0 aromatic heterocycles. The second-order valence-electron chi connectivity index (χ2n) is 22.4. The van der Waals surface area contributed by atoms with Gasteiger partial charge in [-0.3, -0.25) is 14.4 Å². The first-order valence-corrected chi connectivity index (χ1v) is 33.7. The quantitative estimate of drug-likeness (QED) is 0.0261. The molecule has 0 heterocycles. The van der Waals surface area contributed by atoms with Gasteiger partial charge in [0.2, 0.25) is 0 Å². The highest BCUT2D eigenvalue weighted by molar-refractivity contribution is 5.71. The average molecular weight is 1100 g/mol. The zero-order chi connectivity index (χ0) is 57.1. The van der Waals surface area contributed by atoms with Gasteiger partial charge in [0.05, 0.1) is 0 Å². The minimum absolute atomic E-state index is 0.0786. The first-order chi connectivity index (χ1) is 39.0. The summed E-state index contributed by atoms with van der Waals surface area (Å²) in [6.07, 6.45) is 90.0. The predicted molar refractivity (Wildman–Crippen MR) is 344 cm³/mol. The summed E-state index contributed by atoms with van der Waals surface area (Å²) in [4.78, 5) is 38.3. The highest BCUT2D eigenvalue weighted by Crippen LogP contribution is 2.17. The van der Waals surface area contributed by atoms with Gasteiger partial charge in [-0.1, -0.05) is 304 Å². The van der Waals surface area contributed by atoms with Crippen molar-refractivity contribution >= 4 is 17.9 Å². The van der Waals surface area contributed by atoms with Crippen molar-refractivity contribution in [2.45, 2.75) is 335 Å². The molecular formula is C73H126O6. The van der Waals surface area contributed by atoms with Gasteiger partial charge >= 0.3 is 17.9 Å². The molecule has 0 spiro atoms. The van der Waals surface area contributed by atoms with Gasteiger partial charge in [-0.15, -0.1) is 0 Å². The monoisotopic (exact) mass is 1100 g/mol.